The van der Waals surface area contributed by atoms with Crippen molar-refractivity contribution in [3.05, 3.63) is 65.0 Å². The Kier molecular flexibility index (Phi) is 4.14. The fourth-order valence-electron chi connectivity index (χ4n) is 2.46. The van der Waals surface area contributed by atoms with Gasteiger partial charge >= 0.3 is 0 Å². The van der Waals surface area contributed by atoms with Crippen LogP contribution in [0.5, 0.6) is 0 Å². The molecule has 0 amide bonds. The molecule has 8 nitrogen and oxygen atoms in total. The minimum absolute atomic E-state index is 0.0466. The van der Waals surface area contributed by atoms with Crippen LogP contribution in [0.15, 0.2) is 54.9 Å². The van der Waals surface area contributed by atoms with Crippen LogP contribution in [0.3, 0.4) is 0 Å². The maximum atomic E-state index is 10.8. The Morgan fingerprint density at radius 3 is 2.58 bits per heavy atom. The van der Waals surface area contributed by atoms with E-state index < -0.39 is 4.92 Å². The minimum Gasteiger partial charge on any atom is -0.351 e. The fraction of sp³-hybridized carbons (Fsp3) is 0.167. The first-order valence-corrected chi connectivity index (χ1v) is 8.25. The lowest BCUT2D eigenvalue weighted by Gasteiger charge is -2.11. The zero-order valence-electron chi connectivity index (χ0n) is 13.8. The Balaban J connectivity index is 1.64. The van der Waals surface area contributed by atoms with Gasteiger partial charge < -0.3 is 10.6 Å². The summed E-state index contributed by atoms with van der Waals surface area (Å²) in [5.74, 6) is 1.16. The molecule has 1 aliphatic rings. The summed E-state index contributed by atoms with van der Waals surface area (Å²) < 4.78 is 0. The van der Waals surface area contributed by atoms with Crippen LogP contribution in [0.25, 0.3) is 11.3 Å². The van der Waals surface area contributed by atoms with Crippen molar-refractivity contribution in [1.82, 2.24) is 15.0 Å². The molecule has 2 N–H and O–H groups in total. The number of nitrogens with zero attached hydrogens (tertiary/aromatic N) is 4. The number of anilines is 3. The number of aromatic nitrogens is 3. The topological polar surface area (TPSA) is 106 Å². The predicted molar refractivity (Wildman–Crippen MR) is 98.3 cm³/mol. The molecule has 1 saturated carbocycles. The number of rotatable bonds is 6. The average Bonchev–Trinajstić information content (AvgIpc) is 3.47. The number of hydrogen-bond donors (Lipinski definition) is 2. The van der Waals surface area contributed by atoms with Crippen molar-refractivity contribution in [3.8, 4) is 11.3 Å². The number of benzene rings is 1. The molecule has 26 heavy (non-hydrogen) atoms. The molecule has 130 valence electrons. The lowest BCUT2D eigenvalue weighted by molar-refractivity contribution is -0.384. The van der Waals surface area contributed by atoms with E-state index in [9.17, 15) is 10.1 Å². The standard InChI is InChI=1S/C18H16N6O2/c25-24(26)15-7-5-13(6-8-15)20-17-10-16(12-2-1-9-19-11-12)22-18(23-17)21-14-3-4-14/h1-2,5-11,14H,3-4H2,(H2,20,21,22,23). The van der Waals surface area contributed by atoms with E-state index in [0.29, 0.717) is 23.5 Å². The van der Waals surface area contributed by atoms with E-state index in [1.54, 1.807) is 24.5 Å². The molecule has 0 saturated heterocycles. The van der Waals surface area contributed by atoms with Crippen molar-refractivity contribution < 1.29 is 4.92 Å². The van der Waals surface area contributed by atoms with Gasteiger partial charge in [-0.25, -0.2) is 4.98 Å². The first kappa shape index (κ1) is 15.9. The van der Waals surface area contributed by atoms with Crippen molar-refractivity contribution >= 4 is 23.1 Å². The van der Waals surface area contributed by atoms with Gasteiger partial charge in [-0.2, -0.15) is 4.98 Å². The van der Waals surface area contributed by atoms with Crippen LogP contribution in [-0.2, 0) is 0 Å². The first-order valence-electron chi connectivity index (χ1n) is 8.25. The van der Waals surface area contributed by atoms with Gasteiger partial charge in [0.15, 0.2) is 0 Å². The van der Waals surface area contributed by atoms with Crippen LogP contribution in [-0.4, -0.2) is 25.9 Å². The van der Waals surface area contributed by atoms with Crippen LogP contribution < -0.4 is 10.6 Å². The highest BCUT2D eigenvalue weighted by molar-refractivity contribution is 5.67. The largest absolute Gasteiger partial charge is 0.351 e. The molecule has 2 aromatic heterocycles. The van der Waals surface area contributed by atoms with E-state index >= 15 is 0 Å². The monoisotopic (exact) mass is 348 g/mol. The summed E-state index contributed by atoms with van der Waals surface area (Å²) in [7, 11) is 0. The third-order valence-corrected chi connectivity index (χ3v) is 3.94. The SMILES string of the molecule is O=[N+]([O-])c1ccc(Nc2cc(-c3cccnc3)nc(NC3CC3)n2)cc1. The Labute approximate surface area is 149 Å². The van der Waals surface area contributed by atoms with Crippen LogP contribution in [0.1, 0.15) is 12.8 Å². The summed E-state index contributed by atoms with van der Waals surface area (Å²) in [6, 6.07) is 12.3. The summed E-state index contributed by atoms with van der Waals surface area (Å²) in [5.41, 5.74) is 2.40. The number of nitro benzene ring substituents is 1. The molecule has 4 rings (SSSR count). The first-order chi connectivity index (χ1) is 12.7. The average molecular weight is 348 g/mol. The van der Waals surface area contributed by atoms with Gasteiger partial charge in [0.05, 0.1) is 10.6 Å². The van der Waals surface area contributed by atoms with Gasteiger partial charge in [0.25, 0.3) is 5.69 Å². The molecule has 2 heterocycles. The molecule has 1 aromatic carbocycles. The van der Waals surface area contributed by atoms with Crippen molar-refractivity contribution in [2.45, 2.75) is 18.9 Å². The molecule has 1 fully saturated rings. The molecule has 0 radical (unpaired) electrons. The second-order valence-electron chi connectivity index (χ2n) is 6.05. The quantitative estimate of drug-likeness (QED) is 0.516. The van der Waals surface area contributed by atoms with Crippen molar-refractivity contribution in [1.29, 1.82) is 0 Å². The van der Waals surface area contributed by atoms with E-state index in [0.717, 1.165) is 24.1 Å². The maximum absolute atomic E-state index is 10.8. The van der Waals surface area contributed by atoms with Crippen molar-refractivity contribution in [2.75, 3.05) is 10.6 Å². The number of pyridine rings is 1. The zero-order chi connectivity index (χ0) is 17.9. The predicted octanol–water partition coefficient (Wildman–Crippen LogP) is 3.76. The highest BCUT2D eigenvalue weighted by Crippen LogP contribution is 2.27. The summed E-state index contributed by atoms with van der Waals surface area (Å²) in [5, 5.41) is 17.3. The highest BCUT2D eigenvalue weighted by Gasteiger charge is 2.22. The Morgan fingerprint density at radius 2 is 1.92 bits per heavy atom. The summed E-state index contributed by atoms with van der Waals surface area (Å²) in [6.07, 6.45) is 5.69. The van der Waals surface area contributed by atoms with Gasteiger partial charge in [0.1, 0.15) is 5.82 Å². The molecular weight excluding hydrogens is 332 g/mol. The third kappa shape index (κ3) is 3.75. The van der Waals surface area contributed by atoms with E-state index in [1.165, 1.54) is 12.1 Å². The van der Waals surface area contributed by atoms with Crippen molar-refractivity contribution in [3.63, 3.8) is 0 Å². The van der Waals surface area contributed by atoms with E-state index in [1.807, 2.05) is 18.2 Å². The van der Waals surface area contributed by atoms with Gasteiger partial charge in [0.2, 0.25) is 5.95 Å². The molecular formula is C18H16N6O2. The lowest BCUT2D eigenvalue weighted by Crippen LogP contribution is -2.07. The fourth-order valence-corrected chi connectivity index (χ4v) is 2.46. The maximum Gasteiger partial charge on any atom is 0.269 e. The third-order valence-electron chi connectivity index (χ3n) is 3.94. The smallest absolute Gasteiger partial charge is 0.269 e. The second kappa shape index (κ2) is 6.75. The van der Waals surface area contributed by atoms with Gasteiger partial charge in [0, 0.05) is 47.9 Å². The zero-order valence-corrected chi connectivity index (χ0v) is 13.8. The molecule has 8 heteroatoms. The molecule has 1 aliphatic carbocycles. The van der Waals surface area contributed by atoms with E-state index in [-0.39, 0.29) is 5.69 Å². The molecule has 0 unspecified atom stereocenters. The number of nitro groups is 1. The van der Waals surface area contributed by atoms with E-state index in [4.69, 9.17) is 0 Å². The number of non-ortho nitro benzene ring substituents is 1. The summed E-state index contributed by atoms with van der Waals surface area (Å²) in [6.45, 7) is 0. The normalized spacial score (nSPS) is 13.2. The van der Waals surface area contributed by atoms with Crippen LogP contribution in [0, 0.1) is 10.1 Å². The molecule has 0 spiro atoms. The second-order valence-corrected chi connectivity index (χ2v) is 6.05. The molecule has 0 bridgehead atoms. The number of nitrogens with one attached hydrogen (secondary N) is 2. The van der Waals surface area contributed by atoms with E-state index in [2.05, 4.69) is 25.6 Å². The minimum atomic E-state index is -0.424. The summed E-state index contributed by atoms with van der Waals surface area (Å²) in [4.78, 5) is 23.6. The van der Waals surface area contributed by atoms with Crippen LogP contribution in [0.2, 0.25) is 0 Å². The Morgan fingerprint density at radius 1 is 1.12 bits per heavy atom. The number of hydrogen-bond acceptors (Lipinski definition) is 7. The highest BCUT2D eigenvalue weighted by atomic mass is 16.6. The molecule has 0 aliphatic heterocycles. The van der Waals surface area contributed by atoms with Gasteiger partial charge in [-0.05, 0) is 37.1 Å². The van der Waals surface area contributed by atoms with Crippen LogP contribution >= 0.6 is 0 Å². The van der Waals surface area contributed by atoms with Crippen molar-refractivity contribution in [2.24, 2.45) is 0 Å². The van der Waals surface area contributed by atoms with Crippen LogP contribution in [0.4, 0.5) is 23.1 Å². The molecule has 3 aromatic rings. The molecule has 0 atom stereocenters. The Bertz CT molecular complexity index is 926. The van der Waals surface area contributed by atoms with Gasteiger partial charge in [-0.1, -0.05) is 0 Å². The summed E-state index contributed by atoms with van der Waals surface area (Å²) >= 11 is 0. The van der Waals surface area contributed by atoms with Gasteiger partial charge in [-0.15, -0.1) is 0 Å². The lowest BCUT2D eigenvalue weighted by atomic mass is 10.2. The van der Waals surface area contributed by atoms with Gasteiger partial charge in [-0.3, -0.25) is 15.1 Å². The Hall–Kier alpha value is -3.55.